The molecule has 0 heterocycles. The van der Waals surface area contributed by atoms with Gasteiger partial charge in [-0.25, -0.2) is 4.79 Å². The van der Waals surface area contributed by atoms with Crippen molar-refractivity contribution < 1.29 is 9.59 Å². The van der Waals surface area contributed by atoms with E-state index >= 15 is 0 Å². The average Bonchev–Trinajstić information content (AvgIpc) is 2.66. The van der Waals surface area contributed by atoms with Gasteiger partial charge in [0.05, 0.1) is 18.0 Å². The maximum atomic E-state index is 13.0. The number of rotatable bonds is 8. The average molecular weight is 402 g/mol. The number of aryl methyl sites for hydroxylation is 1. The van der Waals surface area contributed by atoms with Crippen LogP contribution in [0.3, 0.4) is 0 Å². The maximum absolute atomic E-state index is 13.0. The molecule has 150 valence electrons. The Hall–Kier alpha value is -2.53. The number of amides is 3. The molecule has 28 heavy (non-hydrogen) atoms. The lowest BCUT2D eigenvalue weighted by molar-refractivity contribution is -0.123. The Morgan fingerprint density at radius 3 is 2.21 bits per heavy atom. The number of hydrogen-bond donors (Lipinski definition) is 3. The van der Waals surface area contributed by atoms with Gasteiger partial charge in [-0.15, -0.1) is 0 Å². The van der Waals surface area contributed by atoms with Crippen LogP contribution in [0.5, 0.6) is 0 Å². The van der Waals surface area contributed by atoms with Crippen molar-refractivity contribution in [3.63, 3.8) is 0 Å². The van der Waals surface area contributed by atoms with Crippen LogP contribution in [0.15, 0.2) is 48.5 Å². The van der Waals surface area contributed by atoms with Gasteiger partial charge in [0.2, 0.25) is 5.91 Å². The van der Waals surface area contributed by atoms with E-state index in [-0.39, 0.29) is 12.3 Å². The van der Waals surface area contributed by atoms with Crippen LogP contribution in [-0.4, -0.2) is 11.9 Å². The summed E-state index contributed by atoms with van der Waals surface area (Å²) < 4.78 is 0. The second-order valence-electron chi connectivity index (χ2n) is 6.97. The molecule has 0 aliphatic carbocycles. The summed E-state index contributed by atoms with van der Waals surface area (Å²) >= 11 is 6.01. The van der Waals surface area contributed by atoms with Crippen LogP contribution in [-0.2, 0) is 10.3 Å². The first kappa shape index (κ1) is 21.8. The molecule has 0 saturated heterocycles. The Morgan fingerprint density at radius 1 is 1.07 bits per heavy atom. The largest absolute Gasteiger partial charge is 0.352 e. The fraction of sp³-hybridized carbons (Fsp3) is 0.364. The summed E-state index contributed by atoms with van der Waals surface area (Å²) in [6, 6.07) is 14.0. The van der Waals surface area contributed by atoms with E-state index in [1.807, 2.05) is 69.3 Å². The van der Waals surface area contributed by atoms with Crippen LogP contribution >= 0.6 is 11.6 Å². The topological polar surface area (TPSA) is 84.2 Å². The molecular weight excluding hydrogens is 374 g/mol. The van der Waals surface area contributed by atoms with Crippen LogP contribution in [0.2, 0.25) is 5.02 Å². The molecule has 0 saturated carbocycles. The van der Waals surface area contributed by atoms with Crippen LogP contribution < -0.4 is 16.4 Å². The molecule has 2 aromatic rings. The molecule has 2 rings (SSSR count). The van der Waals surface area contributed by atoms with Gasteiger partial charge in [-0.05, 0) is 48.6 Å². The van der Waals surface area contributed by atoms with Gasteiger partial charge in [0.15, 0.2) is 0 Å². The smallest absolute Gasteiger partial charge is 0.312 e. The van der Waals surface area contributed by atoms with Gasteiger partial charge in [-0.1, -0.05) is 61.8 Å². The number of carbonyl (C=O) groups is 2. The van der Waals surface area contributed by atoms with Crippen LogP contribution in [0.1, 0.15) is 55.8 Å². The van der Waals surface area contributed by atoms with Gasteiger partial charge in [-0.3, -0.25) is 4.79 Å². The van der Waals surface area contributed by atoms with Gasteiger partial charge >= 0.3 is 6.03 Å². The highest BCUT2D eigenvalue weighted by Gasteiger charge is 2.31. The molecule has 0 aliphatic heterocycles. The first-order valence-electron chi connectivity index (χ1n) is 9.50. The first-order chi connectivity index (χ1) is 13.3. The Kier molecular flexibility index (Phi) is 7.46. The number of hydrogen-bond acceptors (Lipinski definition) is 2. The third-order valence-corrected chi connectivity index (χ3v) is 5.50. The number of primary amides is 1. The Morgan fingerprint density at radius 2 is 1.68 bits per heavy atom. The number of halogens is 1. The minimum Gasteiger partial charge on any atom is -0.352 e. The monoisotopic (exact) mass is 401 g/mol. The zero-order valence-corrected chi connectivity index (χ0v) is 17.3. The van der Waals surface area contributed by atoms with Crippen LogP contribution in [0.4, 0.5) is 4.79 Å². The summed E-state index contributed by atoms with van der Waals surface area (Å²) in [4.78, 5) is 24.5. The first-order valence-corrected chi connectivity index (χ1v) is 9.87. The second-order valence-corrected chi connectivity index (χ2v) is 7.40. The van der Waals surface area contributed by atoms with Crippen molar-refractivity contribution >= 4 is 23.5 Å². The molecule has 2 aromatic carbocycles. The van der Waals surface area contributed by atoms with E-state index in [0.717, 1.165) is 29.5 Å². The number of carbonyl (C=O) groups excluding carboxylic acids is 2. The SMILES string of the molecule is CCC(CC)(NC(=O)CC(NC(N)=O)c1ccccc1C)c1ccc(Cl)cc1. The van der Waals surface area contributed by atoms with Crippen molar-refractivity contribution in [2.24, 2.45) is 5.73 Å². The molecule has 0 spiro atoms. The zero-order chi connectivity index (χ0) is 20.7. The number of nitrogens with two attached hydrogens (primary N) is 1. The number of urea groups is 1. The highest BCUT2D eigenvalue weighted by Crippen LogP contribution is 2.30. The van der Waals surface area contributed by atoms with E-state index in [1.165, 1.54) is 0 Å². The Labute approximate surface area is 171 Å². The van der Waals surface area contributed by atoms with Crippen molar-refractivity contribution in [1.29, 1.82) is 0 Å². The van der Waals surface area contributed by atoms with Gasteiger partial charge in [0, 0.05) is 5.02 Å². The predicted molar refractivity (Wildman–Crippen MR) is 113 cm³/mol. The lowest BCUT2D eigenvalue weighted by atomic mass is 9.84. The van der Waals surface area contributed by atoms with Crippen molar-refractivity contribution in [3.05, 3.63) is 70.2 Å². The standard InChI is InChI=1S/C22H28ClN3O2/c1-4-22(5-2,16-10-12-17(23)13-11-16)26-20(27)14-19(25-21(24)28)18-9-7-6-8-15(18)3/h6-13,19H,4-5,14H2,1-3H3,(H,26,27)(H3,24,25,28). The van der Waals surface area contributed by atoms with Crippen LogP contribution in [0.25, 0.3) is 0 Å². The van der Waals surface area contributed by atoms with Crippen molar-refractivity contribution in [2.75, 3.05) is 0 Å². The molecular formula is C22H28ClN3O2. The molecule has 6 heteroatoms. The molecule has 3 amide bonds. The second kappa shape index (κ2) is 9.60. The molecule has 1 unspecified atom stereocenters. The number of nitrogens with one attached hydrogen (secondary N) is 2. The lowest BCUT2D eigenvalue weighted by Gasteiger charge is -2.34. The summed E-state index contributed by atoms with van der Waals surface area (Å²) in [6.45, 7) is 6.02. The highest BCUT2D eigenvalue weighted by atomic mass is 35.5. The lowest BCUT2D eigenvalue weighted by Crippen LogP contribution is -2.46. The molecule has 0 aromatic heterocycles. The van der Waals surface area contributed by atoms with Gasteiger partial charge in [0.1, 0.15) is 0 Å². The van der Waals surface area contributed by atoms with E-state index in [4.69, 9.17) is 17.3 Å². The molecule has 0 fully saturated rings. The highest BCUT2D eigenvalue weighted by molar-refractivity contribution is 6.30. The fourth-order valence-electron chi connectivity index (χ4n) is 3.57. The molecule has 1 atom stereocenters. The molecule has 0 bridgehead atoms. The third kappa shape index (κ3) is 5.26. The normalized spacial score (nSPS) is 12.3. The van der Waals surface area contributed by atoms with E-state index in [0.29, 0.717) is 5.02 Å². The van der Waals surface area contributed by atoms with Gasteiger partial charge in [0.25, 0.3) is 0 Å². The Bertz CT molecular complexity index is 817. The minimum absolute atomic E-state index is 0.100. The summed E-state index contributed by atoms with van der Waals surface area (Å²) in [6.07, 6.45) is 1.56. The van der Waals surface area contributed by atoms with Crippen molar-refractivity contribution in [2.45, 2.75) is 51.6 Å². The predicted octanol–water partition coefficient (Wildman–Crippen LogP) is 4.58. The molecule has 4 N–H and O–H groups in total. The molecule has 5 nitrogen and oxygen atoms in total. The van der Waals surface area contributed by atoms with E-state index < -0.39 is 17.6 Å². The van der Waals surface area contributed by atoms with Crippen molar-refractivity contribution in [3.8, 4) is 0 Å². The molecule has 0 radical (unpaired) electrons. The summed E-state index contributed by atoms with van der Waals surface area (Å²) in [5.41, 5.74) is 7.72. The van der Waals surface area contributed by atoms with E-state index in [1.54, 1.807) is 0 Å². The van der Waals surface area contributed by atoms with E-state index in [2.05, 4.69) is 10.6 Å². The van der Waals surface area contributed by atoms with E-state index in [9.17, 15) is 9.59 Å². The summed E-state index contributed by atoms with van der Waals surface area (Å²) in [7, 11) is 0. The molecule has 0 aliphatic rings. The van der Waals surface area contributed by atoms with Crippen molar-refractivity contribution in [1.82, 2.24) is 10.6 Å². The van der Waals surface area contributed by atoms with Gasteiger partial charge in [-0.2, -0.15) is 0 Å². The third-order valence-electron chi connectivity index (χ3n) is 5.25. The number of benzene rings is 2. The zero-order valence-electron chi connectivity index (χ0n) is 16.6. The van der Waals surface area contributed by atoms with Gasteiger partial charge < -0.3 is 16.4 Å². The summed E-state index contributed by atoms with van der Waals surface area (Å²) in [5.74, 6) is -0.152. The summed E-state index contributed by atoms with van der Waals surface area (Å²) in [5, 5.41) is 6.54. The van der Waals surface area contributed by atoms with Crippen LogP contribution in [0, 0.1) is 6.92 Å². The minimum atomic E-state index is -0.656. The fourth-order valence-corrected chi connectivity index (χ4v) is 3.69. The Balaban J connectivity index is 2.25. The quantitative estimate of drug-likeness (QED) is 0.604. The maximum Gasteiger partial charge on any atom is 0.312 e.